The maximum absolute atomic E-state index is 12.2. The molecule has 2 aliphatic rings. The second kappa shape index (κ2) is 8.02. The second-order valence-corrected chi connectivity index (χ2v) is 7.75. The number of carbonyl (C=O) groups is 1. The number of benzene rings is 2. The van der Waals surface area contributed by atoms with Crippen molar-refractivity contribution in [1.82, 2.24) is 16.2 Å². The van der Waals surface area contributed by atoms with E-state index >= 15 is 0 Å². The van der Waals surface area contributed by atoms with E-state index in [0.717, 1.165) is 11.1 Å². The lowest BCUT2D eigenvalue weighted by atomic mass is 9.75. The third-order valence-corrected chi connectivity index (χ3v) is 6.06. The van der Waals surface area contributed by atoms with Crippen LogP contribution in [0.4, 0.5) is 0 Å². The summed E-state index contributed by atoms with van der Waals surface area (Å²) in [6.07, 6.45) is 0.340. The smallest absolute Gasteiger partial charge is 0.307 e. The van der Waals surface area contributed by atoms with E-state index in [0.29, 0.717) is 17.9 Å². The highest BCUT2D eigenvalue weighted by atomic mass is 16.5. The zero-order chi connectivity index (χ0) is 20.5. The zero-order valence-electron chi connectivity index (χ0n) is 16.8. The monoisotopic (exact) mass is 397 g/mol. The lowest BCUT2D eigenvalue weighted by molar-refractivity contribution is -0.146. The summed E-state index contributed by atoms with van der Waals surface area (Å²) in [5, 5.41) is 13.6. The van der Waals surface area contributed by atoms with Gasteiger partial charge in [0, 0.05) is 12.0 Å². The third kappa shape index (κ3) is 3.69. The van der Waals surface area contributed by atoms with E-state index in [4.69, 9.17) is 9.47 Å². The molecule has 4 N–H and O–H groups in total. The normalized spacial score (nSPS) is 28.6. The van der Waals surface area contributed by atoms with Gasteiger partial charge in [-0.25, -0.2) is 10.9 Å². The Morgan fingerprint density at radius 1 is 1.00 bits per heavy atom. The number of piperidine rings is 1. The summed E-state index contributed by atoms with van der Waals surface area (Å²) in [6.45, 7) is 2.04. The van der Waals surface area contributed by atoms with Gasteiger partial charge in [0.25, 0.3) is 0 Å². The maximum atomic E-state index is 12.2. The standard InChI is InChI=1S/C22H27N3O4/c1-12-4-6-13(7-5-12)20-19-15(22(26)27)11-16(23-21(19)25-24-20)14-8-9-17(28-2)18(10-14)29-3/h4-10,15-16,19-21,23-25H,11H2,1-3H3,(H,26,27). The van der Waals surface area contributed by atoms with Crippen LogP contribution in [0.15, 0.2) is 42.5 Å². The Bertz CT molecular complexity index is 886. The van der Waals surface area contributed by atoms with Crippen molar-refractivity contribution in [3.63, 3.8) is 0 Å². The van der Waals surface area contributed by atoms with Crippen LogP contribution in [0, 0.1) is 18.8 Å². The van der Waals surface area contributed by atoms with Crippen LogP contribution in [0.1, 0.15) is 35.2 Å². The van der Waals surface area contributed by atoms with Gasteiger partial charge >= 0.3 is 5.97 Å². The van der Waals surface area contributed by atoms with Gasteiger partial charge in [-0.2, -0.15) is 0 Å². The number of carboxylic acid groups (broad SMARTS) is 1. The number of rotatable bonds is 5. The summed E-state index contributed by atoms with van der Waals surface area (Å²) in [7, 11) is 3.20. The number of methoxy groups -OCH3 is 2. The van der Waals surface area contributed by atoms with Gasteiger partial charge in [0.15, 0.2) is 11.5 Å². The fraction of sp³-hybridized carbons (Fsp3) is 0.409. The molecule has 2 heterocycles. The van der Waals surface area contributed by atoms with Gasteiger partial charge in [0.1, 0.15) is 0 Å². The molecule has 0 aliphatic carbocycles. The summed E-state index contributed by atoms with van der Waals surface area (Å²) in [5.74, 6) is -0.0787. The highest BCUT2D eigenvalue weighted by molar-refractivity contribution is 5.71. The van der Waals surface area contributed by atoms with Gasteiger partial charge in [-0.1, -0.05) is 35.9 Å². The number of fused-ring (bicyclic) bond motifs is 1. The summed E-state index contributed by atoms with van der Waals surface area (Å²) in [6, 6.07) is 13.8. The number of ether oxygens (including phenoxy) is 2. The molecule has 7 heteroatoms. The molecule has 2 saturated heterocycles. The first-order chi connectivity index (χ1) is 14.0. The summed E-state index contributed by atoms with van der Waals surface area (Å²) >= 11 is 0. The summed E-state index contributed by atoms with van der Waals surface area (Å²) in [5.41, 5.74) is 9.84. The molecule has 2 aromatic carbocycles. The Labute approximate surface area is 170 Å². The minimum atomic E-state index is -0.769. The minimum Gasteiger partial charge on any atom is -0.493 e. The Morgan fingerprint density at radius 2 is 1.69 bits per heavy atom. The van der Waals surface area contributed by atoms with Crippen molar-refractivity contribution >= 4 is 5.97 Å². The van der Waals surface area contributed by atoms with Crippen LogP contribution in [-0.2, 0) is 4.79 Å². The van der Waals surface area contributed by atoms with E-state index < -0.39 is 11.9 Å². The first kappa shape index (κ1) is 19.7. The fourth-order valence-corrected chi connectivity index (χ4v) is 4.52. The predicted octanol–water partition coefficient (Wildman–Crippen LogP) is 2.54. The van der Waals surface area contributed by atoms with E-state index in [1.165, 1.54) is 5.56 Å². The molecule has 7 nitrogen and oxygen atoms in total. The lowest BCUT2D eigenvalue weighted by Crippen LogP contribution is -2.53. The third-order valence-electron chi connectivity index (χ3n) is 6.06. The minimum absolute atomic E-state index is 0.0689. The Balaban J connectivity index is 1.61. The molecule has 5 unspecified atom stereocenters. The molecular formula is C22H27N3O4. The van der Waals surface area contributed by atoms with Crippen LogP contribution in [0.3, 0.4) is 0 Å². The Hall–Kier alpha value is -2.61. The van der Waals surface area contributed by atoms with Crippen LogP contribution in [0.5, 0.6) is 11.5 Å². The van der Waals surface area contributed by atoms with Crippen molar-refractivity contribution in [3.8, 4) is 11.5 Å². The Kier molecular flexibility index (Phi) is 5.45. The average Bonchev–Trinajstić information content (AvgIpc) is 3.17. The molecule has 2 aliphatic heterocycles. The van der Waals surface area contributed by atoms with Crippen molar-refractivity contribution in [2.24, 2.45) is 11.8 Å². The molecule has 0 aromatic heterocycles. The average molecular weight is 397 g/mol. The molecule has 2 aromatic rings. The van der Waals surface area contributed by atoms with E-state index in [-0.39, 0.29) is 24.2 Å². The highest BCUT2D eigenvalue weighted by Gasteiger charge is 2.49. The number of carboxylic acids is 1. The molecule has 4 rings (SSSR count). The van der Waals surface area contributed by atoms with Crippen molar-refractivity contribution in [2.75, 3.05) is 14.2 Å². The molecule has 0 amide bonds. The SMILES string of the molecule is COc1ccc(C2CC(C(=O)O)C3C(NNC3c3ccc(C)cc3)N2)cc1OC. The van der Waals surface area contributed by atoms with Gasteiger partial charge in [-0.05, 0) is 36.6 Å². The largest absolute Gasteiger partial charge is 0.493 e. The number of hydrogen-bond donors (Lipinski definition) is 4. The van der Waals surface area contributed by atoms with Crippen LogP contribution in [-0.4, -0.2) is 31.5 Å². The molecule has 0 bridgehead atoms. The summed E-state index contributed by atoms with van der Waals surface area (Å²) < 4.78 is 10.7. The van der Waals surface area contributed by atoms with Gasteiger partial charge < -0.3 is 14.6 Å². The predicted molar refractivity (Wildman–Crippen MR) is 109 cm³/mol. The first-order valence-electron chi connectivity index (χ1n) is 9.80. The molecule has 5 atom stereocenters. The summed E-state index contributed by atoms with van der Waals surface area (Å²) in [4.78, 5) is 12.2. The number of nitrogens with one attached hydrogen (secondary N) is 3. The zero-order valence-corrected chi connectivity index (χ0v) is 16.8. The molecule has 0 saturated carbocycles. The van der Waals surface area contributed by atoms with E-state index in [1.807, 2.05) is 25.1 Å². The maximum Gasteiger partial charge on any atom is 0.307 e. The number of aliphatic carboxylic acids is 1. The molecule has 0 spiro atoms. The molecular weight excluding hydrogens is 370 g/mol. The Morgan fingerprint density at radius 3 is 2.34 bits per heavy atom. The van der Waals surface area contributed by atoms with Crippen LogP contribution in [0.2, 0.25) is 0 Å². The van der Waals surface area contributed by atoms with Crippen molar-refractivity contribution in [3.05, 3.63) is 59.2 Å². The fourth-order valence-electron chi connectivity index (χ4n) is 4.52. The van der Waals surface area contributed by atoms with Gasteiger partial charge in [-0.3, -0.25) is 10.1 Å². The lowest BCUT2D eigenvalue weighted by Gasteiger charge is -2.39. The van der Waals surface area contributed by atoms with Gasteiger partial charge in [-0.15, -0.1) is 0 Å². The van der Waals surface area contributed by atoms with Crippen molar-refractivity contribution in [2.45, 2.75) is 31.6 Å². The highest BCUT2D eigenvalue weighted by Crippen LogP contribution is 2.43. The topological polar surface area (TPSA) is 91.9 Å². The number of aryl methyl sites for hydroxylation is 1. The van der Waals surface area contributed by atoms with Crippen LogP contribution in [0.25, 0.3) is 0 Å². The van der Waals surface area contributed by atoms with Crippen molar-refractivity contribution < 1.29 is 19.4 Å². The second-order valence-electron chi connectivity index (χ2n) is 7.75. The van der Waals surface area contributed by atoms with E-state index in [2.05, 4.69) is 40.4 Å². The van der Waals surface area contributed by atoms with Gasteiger partial charge in [0.2, 0.25) is 0 Å². The molecule has 0 radical (unpaired) electrons. The molecule has 29 heavy (non-hydrogen) atoms. The van der Waals surface area contributed by atoms with E-state index in [9.17, 15) is 9.90 Å². The van der Waals surface area contributed by atoms with Crippen LogP contribution >= 0.6 is 0 Å². The molecule has 154 valence electrons. The van der Waals surface area contributed by atoms with E-state index in [1.54, 1.807) is 14.2 Å². The van der Waals surface area contributed by atoms with Gasteiger partial charge in [0.05, 0.1) is 32.3 Å². The van der Waals surface area contributed by atoms with Crippen molar-refractivity contribution in [1.29, 1.82) is 0 Å². The van der Waals surface area contributed by atoms with Crippen LogP contribution < -0.4 is 25.6 Å². The molecule has 2 fully saturated rings. The number of hydrazine groups is 1. The number of hydrogen-bond acceptors (Lipinski definition) is 6. The first-order valence-corrected chi connectivity index (χ1v) is 9.80. The quantitative estimate of drug-likeness (QED) is 0.616.